The molecule has 0 spiro atoms. The predicted molar refractivity (Wildman–Crippen MR) is 71.1 cm³/mol. The van der Waals surface area contributed by atoms with Crippen molar-refractivity contribution in [2.75, 3.05) is 11.9 Å². The van der Waals surface area contributed by atoms with Gasteiger partial charge in [0.2, 0.25) is 0 Å². The first-order valence-corrected chi connectivity index (χ1v) is 5.91. The van der Waals surface area contributed by atoms with Crippen LogP contribution in [0.2, 0.25) is 0 Å². The molecule has 0 bridgehead atoms. The monoisotopic (exact) mass is 290 g/mol. The minimum atomic E-state index is -0.0440. The SMILES string of the molecule is CN(C(=O)c1cccc(Br)c1)c1ccncc1. The molecule has 0 unspecified atom stereocenters. The molecule has 0 saturated carbocycles. The average molecular weight is 291 g/mol. The highest BCUT2D eigenvalue weighted by molar-refractivity contribution is 9.10. The third-order valence-electron chi connectivity index (χ3n) is 2.43. The molecule has 0 aliphatic rings. The van der Waals surface area contributed by atoms with Crippen molar-refractivity contribution >= 4 is 27.5 Å². The molecule has 1 amide bonds. The van der Waals surface area contributed by atoms with Crippen molar-refractivity contribution in [1.29, 1.82) is 0 Å². The van der Waals surface area contributed by atoms with E-state index >= 15 is 0 Å². The Morgan fingerprint density at radius 2 is 1.94 bits per heavy atom. The quantitative estimate of drug-likeness (QED) is 0.851. The first kappa shape index (κ1) is 11.8. The van der Waals surface area contributed by atoms with E-state index < -0.39 is 0 Å². The minimum Gasteiger partial charge on any atom is -0.311 e. The van der Waals surface area contributed by atoms with E-state index in [1.54, 1.807) is 48.6 Å². The Labute approximate surface area is 108 Å². The zero-order valence-corrected chi connectivity index (χ0v) is 10.9. The summed E-state index contributed by atoms with van der Waals surface area (Å²) in [6.07, 6.45) is 3.33. The molecular weight excluding hydrogens is 280 g/mol. The Hall–Kier alpha value is -1.68. The number of halogens is 1. The van der Waals surface area contributed by atoms with E-state index in [0.717, 1.165) is 10.2 Å². The van der Waals surface area contributed by atoms with Crippen molar-refractivity contribution in [1.82, 2.24) is 4.98 Å². The van der Waals surface area contributed by atoms with E-state index in [-0.39, 0.29) is 5.91 Å². The third kappa shape index (κ3) is 2.71. The molecule has 3 nitrogen and oxygen atoms in total. The van der Waals surface area contributed by atoms with Crippen LogP contribution in [0, 0.1) is 0 Å². The lowest BCUT2D eigenvalue weighted by atomic mass is 10.2. The van der Waals surface area contributed by atoms with Gasteiger partial charge in [-0.25, -0.2) is 0 Å². The van der Waals surface area contributed by atoms with Gasteiger partial charge in [-0.15, -0.1) is 0 Å². The van der Waals surface area contributed by atoms with Crippen LogP contribution in [0.1, 0.15) is 10.4 Å². The first-order valence-electron chi connectivity index (χ1n) is 5.12. The fraction of sp³-hybridized carbons (Fsp3) is 0.0769. The summed E-state index contributed by atoms with van der Waals surface area (Å²) < 4.78 is 0.895. The number of amides is 1. The van der Waals surface area contributed by atoms with Gasteiger partial charge in [-0.05, 0) is 30.3 Å². The Bertz CT molecular complexity index is 528. The summed E-state index contributed by atoms with van der Waals surface area (Å²) in [4.78, 5) is 17.7. The van der Waals surface area contributed by atoms with E-state index in [2.05, 4.69) is 20.9 Å². The third-order valence-corrected chi connectivity index (χ3v) is 2.92. The largest absolute Gasteiger partial charge is 0.311 e. The van der Waals surface area contributed by atoms with Crippen LogP contribution in [0.5, 0.6) is 0 Å². The number of aromatic nitrogens is 1. The number of benzene rings is 1. The van der Waals surface area contributed by atoms with Crippen LogP contribution in [0.25, 0.3) is 0 Å². The Morgan fingerprint density at radius 1 is 1.24 bits per heavy atom. The molecule has 4 heteroatoms. The molecule has 1 heterocycles. The molecule has 2 aromatic rings. The van der Waals surface area contributed by atoms with Gasteiger partial charge in [0.1, 0.15) is 0 Å². The summed E-state index contributed by atoms with van der Waals surface area (Å²) >= 11 is 3.36. The first-order chi connectivity index (χ1) is 8.18. The van der Waals surface area contributed by atoms with Crippen LogP contribution in [0.4, 0.5) is 5.69 Å². The van der Waals surface area contributed by atoms with Crippen molar-refractivity contribution in [2.24, 2.45) is 0 Å². The lowest BCUT2D eigenvalue weighted by Crippen LogP contribution is -2.26. The topological polar surface area (TPSA) is 33.2 Å². The van der Waals surface area contributed by atoms with Crippen LogP contribution in [0.3, 0.4) is 0 Å². The molecule has 2 rings (SSSR count). The van der Waals surface area contributed by atoms with Crippen LogP contribution in [0.15, 0.2) is 53.3 Å². The molecule has 1 aromatic heterocycles. The van der Waals surface area contributed by atoms with Crippen LogP contribution in [-0.2, 0) is 0 Å². The maximum Gasteiger partial charge on any atom is 0.258 e. The molecule has 0 radical (unpaired) electrons. The van der Waals surface area contributed by atoms with E-state index in [0.29, 0.717) is 5.56 Å². The van der Waals surface area contributed by atoms with Crippen LogP contribution < -0.4 is 4.90 Å². The molecule has 0 fully saturated rings. The van der Waals surface area contributed by atoms with Gasteiger partial charge in [-0.1, -0.05) is 22.0 Å². The van der Waals surface area contributed by atoms with Crippen molar-refractivity contribution in [3.63, 3.8) is 0 Å². The van der Waals surface area contributed by atoms with E-state index in [1.807, 2.05) is 12.1 Å². The number of hydrogen-bond donors (Lipinski definition) is 0. The summed E-state index contributed by atoms with van der Waals surface area (Å²) in [7, 11) is 1.75. The van der Waals surface area contributed by atoms with Gasteiger partial charge in [-0.2, -0.15) is 0 Å². The molecule has 0 N–H and O–H groups in total. The van der Waals surface area contributed by atoms with Crippen molar-refractivity contribution in [3.8, 4) is 0 Å². The molecular formula is C13H11BrN2O. The smallest absolute Gasteiger partial charge is 0.258 e. The fourth-order valence-corrected chi connectivity index (χ4v) is 1.90. The predicted octanol–water partition coefficient (Wildman–Crippen LogP) is 3.12. The zero-order valence-electron chi connectivity index (χ0n) is 9.30. The second-order valence-electron chi connectivity index (χ2n) is 3.58. The average Bonchev–Trinajstić information content (AvgIpc) is 2.38. The van der Waals surface area contributed by atoms with Crippen LogP contribution in [-0.4, -0.2) is 17.9 Å². The summed E-state index contributed by atoms with van der Waals surface area (Å²) in [6.45, 7) is 0. The van der Waals surface area contributed by atoms with Gasteiger partial charge in [0, 0.05) is 35.2 Å². The maximum atomic E-state index is 12.2. The van der Waals surface area contributed by atoms with Crippen molar-refractivity contribution < 1.29 is 4.79 Å². The molecule has 17 heavy (non-hydrogen) atoms. The van der Waals surface area contributed by atoms with Gasteiger partial charge in [0.05, 0.1) is 0 Å². The molecule has 0 saturated heterocycles. The maximum absolute atomic E-state index is 12.2. The van der Waals surface area contributed by atoms with Crippen molar-refractivity contribution in [2.45, 2.75) is 0 Å². The van der Waals surface area contributed by atoms with Gasteiger partial charge in [0.25, 0.3) is 5.91 Å². The summed E-state index contributed by atoms with van der Waals surface area (Å²) in [5.74, 6) is -0.0440. The molecule has 86 valence electrons. The second-order valence-corrected chi connectivity index (χ2v) is 4.50. The molecule has 0 aliphatic heterocycles. The minimum absolute atomic E-state index is 0.0440. The Kier molecular flexibility index (Phi) is 3.54. The van der Waals surface area contributed by atoms with E-state index in [9.17, 15) is 4.79 Å². The lowest BCUT2D eigenvalue weighted by molar-refractivity contribution is 0.0993. The highest BCUT2D eigenvalue weighted by Crippen LogP contribution is 2.17. The summed E-state index contributed by atoms with van der Waals surface area (Å²) in [5.41, 5.74) is 1.48. The molecule has 1 aromatic carbocycles. The number of rotatable bonds is 2. The van der Waals surface area contributed by atoms with Gasteiger partial charge < -0.3 is 4.90 Å². The van der Waals surface area contributed by atoms with E-state index in [4.69, 9.17) is 0 Å². The molecule has 0 aliphatic carbocycles. The highest BCUT2D eigenvalue weighted by atomic mass is 79.9. The van der Waals surface area contributed by atoms with Gasteiger partial charge in [0.15, 0.2) is 0 Å². The summed E-state index contributed by atoms with van der Waals surface area (Å²) in [6, 6.07) is 10.9. The van der Waals surface area contributed by atoms with Gasteiger partial charge in [-0.3, -0.25) is 9.78 Å². The number of carbonyl (C=O) groups excluding carboxylic acids is 1. The number of nitrogens with zero attached hydrogens (tertiary/aromatic N) is 2. The number of carbonyl (C=O) groups is 1. The lowest BCUT2D eigenvalue weighted by Gasteiger charge is -2.17. The zero-order chi connectivity index (χ0) is 12.3. The Morgan fingerprint density at radius 3 is 2.59 bits per heavy atom. The highest BCUT2D eigenvalue weighted by Gasteiger charge is 2.13. The van der Waals surface area contributed by atoms with E-state index in [1.165, 1.54) is 0 Å². The number of anilines is 1. The fourth-order valence-electron chi connectivity index (χ4n) is 1.50. The number of pyridine rings is 1. The van der Waals surface area contributed by atoms with Gasteiger partial charge >= 0.3 is 0 Å². The second kappa shape index (κ2) is 5.10. The normalized spacial score (nSPS) is 10.0. The molecule has 0 atom stereocenters. The number of hydrogen-bond acceptors (Lipinski definition) is 2. The Balaban J connectivity index is 2.27. The van der Waals surface area contributed by atoms with Crippen LogP contribution >= 0.6 is 15.9 Å². The standard InChI is InChI=1S/C13H11BrN2O/c1-16(12-5-7-15-8-6-12)13(17)10-3-2-4-11(14)9-10/h2-9H,1H3. The summed E-state index contributed by atoms with van der Waals surface area (Å²) in [5, 5.41) is 0. The van der Waals surface area contributed by atoms with Crippen molar-refractivity contribution in [3.05, 3.63) is 58.8 Å².